The predicted octanol–water partition coefficient (Wildman–Crippen LogP) is 19.2. The molecule has 0 aromatic heterocycles. The lowest BCUT2D eigenvalue weighted by atomic mass is 10.0. The van der Waals surface area contributed by atoms with Crippen LogP contribution in [-0.4, -0.2) is 47.4 Å². The summed E-state index contributed by atoms with van der Waals surface area (Å²) in [6, 6.07) is -0.541. The highest BCUT2D eigenvalue weighted by molar-refractivity contribution is 5.76. The molecule has 0 saturated carbocycles. The summed E-state index contributed by atoms with van der Waals surface area (Å²) in [5, 5.41) is 23.2. The number of carbonyl (C=O) groups excluding carboxylic acids is 2. The van der Waals surface area contributed by atoms with Gasteiger partial charge >= 0.3 is 5.97 Å². The number of rotatable bonds is 57. The average molecular weight is 971 g/mol. The van der Waals surface area contributed by atoms with Gasteiger partial charge in [-0.05, 0) is 77.0 Å². The van der Waals surface area contributed by atoms with E-state index in [4.69, 9.17) is 4.74 Å². The Bertz CT molecular complexity index is 1120. The molecule has 406 valence electrons. The number of hydrogen-bond donors (Lipinski definition) is 3. The van der Waals surface area contributed by atoms with Gasteiger partial charge in [0.25, 0.3) is 0 Å². The third-order valence-electron chi connectivity index (χ3n) is 14.2. The van der Waals surface area contributed by atoms with Gasteiger partial charge < -0.3 is 20.3 Å². The van der Waals surface area contributed by atoms with Crippen molar-refractivity contribution in [2.24, 2.45) is 0 Å². The Balaban J connectivity index is 3.40. The number of hydrogen-bond acceptors (Lipinski definition) is 5. The van der Waals surface area contributed by atoms with Gasteiger partial charge in [0, 0.05) is 12.8 Å². The molecule has 69 heavy (non-hydrogen) atoms. The van der Waals surface area contributed by atoms with Crippen molar-refractivity contribution >= 4 is 11.9 Å². The summed E-state index contributed by atoms with van der Waals surface area (Å²) in [4.78, 5) is 24.4. The quantitative estimate of drug-likeness (QED) is 0.0321. The summed E-state index contributed by atoms with van der Waals surface area (Å²) in [5.74, 6) is -0.0352. The lowest BCUT2D eigenvalue weighted by Crippen LogP contribution is -2.45. The largest absolute Gasteiger partial charge is 0.466 e. The Hall–Kier alpha value is -1.92. The van der Waals surface area contributed by atoms with E-state index in [1.54, 1.807) is 0 Å². The Labute approximate surface area is 430 Å². The molecular formula is C63H119NO5. The zero-order chi connectivity index (χ0) is 50.0. The smallest absolute Gasteiger partial charge is 0.305 e. The summed E-state index contributed by atoms with van der Waals surface area (Å²) in [7, 11) is 0. The third-order valence-corrected chi connectivity index (χ3v) is 14.2. The number of nitrogens with one attached hydrogen (secondary N) is 1. The van der Waals surface area contributed by atoms with Crippen molar-refractivity contribution in [2.45, 2.75) is 341 Å². The number of unbranched alkanes of at least 4 members (excludes halogenated alkanes) is 40. The van der Waals surface area contributed by atoms with Crippen molar-refractivity contribution in [1.82, 2.24) is 5.32 Å². The molecule has 0 aromatic carbocycles. The van der Waals surface area contributed by atoms with E-state index in [9.17, 15) is 19.8 Å². The lowest BCUT2D eigenvalue weighted by Gasteiger charge is -2.22. The molecule has 0 spiro atoms. The SMILES string of the molecule is CCCC/C=C\CCCCCCCC(=O)OCCCCCCCCCCC/C=C\C/C=C\CCCCCCCCCCCCCCCC(=O)NC(CO)C(O)CCCCCCCCCCCCCC. The van der Waals surface area contributed by atoms with E-state index in [0.717, 1.165) is 51.4 Å². The van der Waals surface area contributed by atoms with Crippen LogP contribution in [0.25, 0.3) is 0 Å². The first-order valence-electron chi connectivity index (χ1n) is 30.7. The van der Waals surface area contributed by atoms with Crippen molar-refractivity contribution in [1.29, 1.82) is 0 Å². The van der Waals surface area contributed by atoms with Gasteiger partial charge in [0.15, 0.2) is 0 Å². The molecular weight excluding hydrogens is 851 g/mol. The van der Waals surface area contributed by atoms with E-state index in [1.807, 2.05) is 0 Å². The standard InChI is InChI=1S/C63H119NO5/c1-3-5-7-9-11-13-15-36-39-43-47-51-55-61(66)60(59-65)64-62(67)56-52-48-44-40-37-33-31-29-27-25-23-21-19-17-16-18-20-22-24-26-28-30-32-34-38-42-46-50-54-58-69-63(68)57-53-49-45-41-35-14-12-10-8-6-4-2/h10,12,16,18,22,24,60-61,65-66H,3-9,11,13-15,17,19-21,23,25-59H2,1-2H3,(H,64,67)/b12-10-,18-16-,24-22-. The molecule has 0 aromatic rings. The first-order chi connectivity index (χ1) is 34.0. The maximum Gasteiger partial charge on any atom is 0.305 e. The van der Waals surface area contributed by atoms with Gasteiger partial charge in [-0.25, -0.2) is 0 Å². The van der Waals surface area contributed by atoms with Crippen LogP contribution in [0.15, 0.2) is 36.5 Å². The van der Waals surface area contributed by atoms with Crippen LogP contribution in [0, 0.1) is 0 Å². The highest BCUT2D eigenvalue weighted by Gasteiger charge is 2.20. The molecule has 3 N–H and O–H groups in total. The van der Waals surface area contributed by atoms with Crippen molar-refractivity contribution in [3.05, 3.63) is 36.5 Å². The van der Waals surface area contributed by atoms with Crippen molar-refractivity contribution in [3.8, 4) is 0 Å². The van der Waals surface area contributed by atoms with E-state index in [-0.39, 0.29) is 18.5 Å². The van der Waals surface area contributed by atoms with Crippen LogP contribution < -0.4 is 5.32 Å². The molecule has 2 atom stereocenters. The van der Waals surface area contributed by atoms with Crippen molar-refractivity contribution in [3.63, 3.8) is 0 Å². The fourth-order valence-electron chi connectivity index (χ4n) is 9.42. The maximum atomic E-state index is 12.5. The van der Waals surface area contributed by atoms with Crippen LogP contribution in [0.2, 0.25) is 0 Å². The number of amides is 1. The highest BCUT2D eigenvalue weighted by atomic mass is 16.5. The normalized spacial score (nSPS) is 12.8. The number of ether oxygens (including phenoxy) is 1. The number of allylic oxidation sites excluding steroid dienone is 6. The molecule has 1 amide bonds. The monoisotopic (exact) mass is 970 g/mol. The predicted molar refractivity (Wildman–Crippen MR) is 301 cm³/mol. The number of esters is 1. The van der Waals surface area contributed by atoms with Gasteiger partial charge in [0.2, 0.25) is 5.91 Å². The number of aliphatic hydroxyl groups excluding tert-OH is 2. The zero-order valence-electron chi connectivity index (χ0n) is 46.3. The first-order valence-corrected chi connectivity index (χ1v) is 30.7. The minimum Gasteiger partial charge on any atom is -0.466 e. The minimum atomic E-state index is -0.664. The maximum absolute atomic E-state index is 12.5. The van der Waals surface area contributed by atoms with Gasteiger partial charge in [0.1, 0.15) is 0 Å². The number of carbonyl (C=O) groups is 2. The Morgan fingerprint density at radius 1 is 0.406 bits per heavy atom. The van der Waals surface area contributed by atoms with Crippen LogP contribution in [0.1, 0.15) is 328 Å². The highest BCUT2D eigenvalue weighted by Crippen LogP contribution is 2.17. The Morgan fingerprint density at radius 2 is 0.739 bits per heavy atom. The molecule has 2 unspecified atom stereocenters. The Morgan fingerprint density at radius 3 is 1.16 bits per heavy atom. The second-order valence-corrected chi connectivity index (χ2v) is 21.0. The molecule has 0 radical (unpaired) electrons. The lowest BCUT2D eigenvalue weighted by molar-refractivity contribution is -0.143. The Kier molecular flexibility index (Phi) is 57.0. The van der Waals surface area contributed by atoms with Crippen LogP contribution in [0.4, 0.5) is 0 Å². The van der Waals surface area contributed by atoms with E-state index in [1.165, 1.54) is 244 Å². The molecule has 0 aliphatic carbocycles. The molecule has 6 heteroatoms. The van der Waals surface area contributed by atoms with Gasteiger partial charge in [0.05, 0.1) is 25.4 Å². The topological polar surface area (TPSA) is 95.9 Å². The van der Waals surface area contributed by atoms with E-state index in [0.29, 0.717) is 25.9 Å². The molecule has 0 fully saturated rings. The van der Waals surface area contributed by atoms with E-state index >= 15 is 0 Å². The fourth-order valence-corrected chi connectivity index (χ4v) is 9.42. The summed E-state index contributed by atoms with van der Waals surface area (Å²) >= 11 is 0. The van der Waals surface area contributed by atoms with E-state index < -0.39 is 12.1 Å². The molecule has 0 saturated heterocycles. The van der Waals surface area contributed by atoms with Crippen LogP contribution >= 0.6 is 0 Å². The summed E-state index contributed by atoms with van der Waals surface area (Å²) in [5.41, 5.74) is 0. The van der Waals surface area contributed by atoms with Gasteiger partial charge in [-0.2, -0.15) is 0 Å². The number of aliphatic hydroxyl groups is 2. The second kappa shape index (κ2) is 58.6. The minimum absolute atomic E-state index is 0.000679. The molecule has 0 aliphatic rings. The van der Waals surface area contributed by atoms with E-state index in [2.05, 4.69) is 55.6 Å². The summed E-state index contributed by atoms with van der Waals surface area (Å²) in [6.07, 6.45) is 73.1. The first kappa shape index (κ1) is 67.1. The van der Waals surface area contributed by atoms with Crippen molar-refractivity contribution < 1.29 is 24.5 Å². The second-order valence-electron chi connectivity index (χ2n) is 21.0. The van der Waals surface area contributed by atoms with Gasteiger partial charge in [-0.3, -0.25) is 9.59 Å². The molecule has 0 rings (SSSR count). The fraction of sp³-hybridized carbons (Fsp3) is 0.873. The average Bonchev–Trinajstić information content (AvgIpc) is 3.35. The molecule has 0 aliphatic heterocycles. The van der Waals surface area contributed by atoms with Crippen molar-refractivity contribution in [2.75, 3.05) is 13.2 Å². The van der Waals surface area contributed by atoms with Crippen LogP contribution in [-0.2, 0) is 14.3 Å². The van der Waals surface area contributed by atoms with Crippen LogP contribution in [0.5, 0.6) is 0 Å². The molecule has 0 heterocycles. The van der Waals surface area contributed by atoms with Crippen LogP contribution in [0.3, 0.4) is 0 Å². The summed E-state index contributed by atoms with van der Waals surface area (Å²) < 4.78 is 5.45. The third kappa shape index (κ3) is 55.2. The van der Waals surface area contributed by atoms with Gasteiger partial charge in [-0.15, -0.1) is 0 Å². The zero-order valence-corrected chi connectivity index (χ0v) is 46.3. The molecule has 0 bridgehead atoms. The molecule has 6 nitrogen and oxygen atoms in total. The summed E-state index contributed by atoms with van der Waals surface area (Å²) in [6.45, 7) is 4.91. The van der Waals surface area contributed by atoms with Gasteiger partial charge in [-0.1, -0.05) is 275 Å².